The molecule has 2 heterocycles. The van der Waals surface area contributed by atoms with Crippen LogP contribution in [0.2, 0.25) is 0 Å². The Balaban J connectivity index is 2.18. The Bertz CT molecular complexity index is 450. The summed E-state index contributed by atoms with van der Waals surface area (Å²) in [6, 6.07) is 0. The van der Waals surface area contributed by atoms with Gasteiger partial charge in [-0.25, -0.2) is 9.97 Å². The third kappa shape index (κ3) is 2.59. The molecule has 6 nitrogen and oxygen atoms in total. The number of nitrogens with zero attached hydrogens (tertiary/aromatic N) is 4. The third-order valence-corrected chi connectivity index (χ3v) is 3.21. The fourth-order valence-corrected chi connectivity index (χ4v) is 2.02. The number of aromatic hydroxyl groups is 1. The third-order valence-electron chi connectivity index (χ3n) is 3.21. The molecule has 0 bridgehead atoms. The van der Waals surface area contributed by atoms with Crippen LogP contribution in [0.15, 0.2) is 6.33 Å². The van der Waals surface area contributed by atoms with Crippen LogP contribution in [-0.4, -0.2) is 64.0 Å². The Morgan fingerprint density at radius 1 is 1.28 bits per heavy atom. The van der Waals surface area contributed by atoms with Gasteiger partial charge in [0.1, 0.15) is 6.33 Å². The zero-order valence-corrected chi connectivity index (χ0v) is 10.8. The summed E-state index contributed by atoms with van der Waals surface area (Å²) in [5.74, 6) is -0.326. The Morgan fingerprint density at radius 3 is 2.83 bits per heavy atom. The van der Waals surface area contributed by atoms with E-state index in [4.69, 9.17) is 0 Å². The molecule has 1 amide bonds. The van der Waals surface area contributed by atoms with Gasteiger partial charge in [0.2, 0.25) is 0 Å². The summed E-state index contributed by atoms with van der Waals surface area (Å²) in [7, 11) is 2.04. The predicted octanol–water partition coefficient (Wildman–Crippen LogP) is 0.268. The number of carbonyl (C=O) groups is 1. The SMILES string of the molecule is Cc1ncnc(C(=O)N2CCCN(C)CC2)c1O. The molecule has 1 N–H and O–H groups in total. The lowest BCUT2D eigenvalue weighted by Crippen LogP contribution is -2.35. The van der Waals surface area contributed by atoms with E-state index in [1.54, 1.807) is 11.8 Å². The van der Waals surface area contributed by atoms with Gasteiger partial charge in [-0.05, 0) is 26.9 Å². The Labute approximate surface area is 106 Å². The van der Waals surface area contributed by atoms with Gasteiger partial charge in [-0.15, -0.1) is 0 Å². The van der Waals surface area contributed by atoms with E-state index >= 15 is 0 Å². The van der Waals surface area contributed by atoms with Crippen LogP contribution >= 0.6 is 0 Å². The number of aryl methyl sites for hydroxylation is 1. The van der Waals surface area contributed by atoms with Gasteiger partial charge < -0.3 is 14.9 Å². The smallest absolute Gasteiger partial charge is 0.276 e. The molecule has 0 saturated carbocycles. The van der Waals surface area contributed by atoms with Crippen LogP contribution in [0.5, 0.6) is 5.75 Å². The fraction of sp³-hybridized carbons (Fsp3) is 0.583. The summed E-state index contributed by atoms with van der Waals surface area (Å²) >= 11 is 0. The molecule has 1 aliphatic heterocycles. The first-order valence-corrected chi connectivity index (χ1v) is 6.08. The van der Waals surface area contributed by atoms with Crippen molar-refractivity contribution in [1.29, 1.82) is 0 Å². The lowest BCUT2D eigenvalue weighted by Gasteiger charge is -2.20. The first-order valence-electron chi connectivity index (χ1n) is 6.08. The second-order valence-electron chi connectivity index (χ2n) is 4.61. The highest BCUT2D eigenvalue weighted by Crippen LogP contribution is 2.19. The quantitative estimate of drug-likeness (QED) is 0.774. The first kappa shape index (κ1) is 12.8. The van der Waals surface area contributed by atoms with Crippen molar-refractivity contribution in [3.8, 4) is 5.75 Å². The van der Waals surface area contributed by atoms with Crippen LogP contribution in [0, 0.1) is 6.92 Å². The lowest BCUT2D eigenvalue weighted by atomic mass is 10.2. The number of rotatable bonds is 1. The maximum atomic E-state index is 12.3. The van der Waals surface area contributed by atoms with Gasteiger partial charge in [0, 0.05) is 19.6 Å². The summed E-state index contributed by atoms with van der Waals surface area (Å²) in [5.41, 5.74) is 0.535. The van der Waals surface area contributed by atoms with E-state index in [1.165, 1.54) is 6.33 Å². The van der Waals surface area contributed by atoms with E-state index < -0.39 is 0 Å². The minimum atomic E-state index is -0.215. The molecule has 6 heteroatoms. The van der Waals surface area contributed by atoms with E-state index in [9.17, 15) is 9.90 Å². The van der Waals surface area contributed by atoms with Crippen LogP contribution in [0.4, 0.5) is 0 Å². The van der Waals surface area contributed by atoms with Gasteiger partial charge in [0.25, 0.3) is 5.91 Å². The largest absolute Gasteiger partial charge is 0.504 e. The average Bonchev–Trinajstić information content (AvgIpc) is 2.57. The number of amides is 1. The maximum absolute atomic E-state index is 12.3. The molecule has 0 spiro atoms. The van der Waals surface area contributed by atoms with Crippen LogP contribution < -0.4 is 0 Å². The molecule has 0 radical (unpaired) electrons. The molecule has 1 saturated heterocycles. The Kier molecular flexibility index (Phi) is 3.76. The van der Waals surface area contributed by atoms with Gasteiger partial charge in [0.15, 0.2) is 11.4 Å². The zero-order valence-electron chi connectivity index (χ0n) is 10.8. The fourth-order valence-electron chi connectivity index (χ4n) is 2.02. The highest BCUT2D eigenvalue weighted by Gasteiger charge is 2.23. The molecule has 0 atom stereocenters. The second-order valence-corrected chi connectivity index (χ2v) is 4.61. The number of likely N-dealkylation sites (N-methyl/N-ethyl adjacent to an activating group) is 1. The second kappa shape index (κ2) is 5.30. The van der Waals surface area contributed by atoms with Crippen LogP contribution in [0.3, 0.4) is 0 Å². The number of aromatic nitrogens is 2. The zero-order chi connectivity index (χ0) is 13.1. The normalized spacial score (nSPS) is 17.6. The molecule has 1 fully saturated rings. The van der Waals surface area contributed by atoms with Crippen LogP contribution in [0.1, 0.15) is 22.6 Å². The number of hydrogen-bond acceptors (Lipinski definition) is 5. The summed E-state index contributed by atoms with van der Waals surface area (Å²) in [6.07, 6.45) is 2.25. The van der Waals surface area contributed by atoms with E-state index in [-0.39, 0.29) is 17.4 Å². The Morgan fingerprint density at radius 2 is 2.06 bits per heavy atom. The van der Waals surface area contributed by atoms with Gasteiger partial charge in [0.05, 0.1) is 5.69 Å². The molecule has 0 aromatic carbocycles. The topological polar surface area (TPSA) is 69.6 Å². The number of hydrogen-bond donors (Lipinski definition) is 1. The van der Waals surface area contributed by atoms with Gasteiger partial charge in [-0.3, -0.25) is 4.79 Å². The maximum Gasteiger partial charge on any atom is 0.276 e. The minimum absolute atomic E-state index is 0.104. The molecule has 2 rings (SSSR count). The van der Waals surface area contributed by atoms with Crippen molar-refractivity contribution in [1.82, 2.24) is 19.8 Å². The Hall–Kier alpha value is -1.69. The van der Waals surface area contributed by atoms with Crippen molar-refractivity contribution < 1.29 is 9.90 Å². The van der Waals surface area contributed by atoms with Crippen molar-refractivity contribution in [2.45, 2.75) is 13.3 Å². The van der Waals surface area contributed by atoms with Crippen molar-refractivity contribution in [2.75, 3.05) is 33.2 Å². The molecular weight excluding hydrogens is 232 g/mol. The summed E-state index contributed by atoms with van der Waals surface area (Å²) in [6.45, 7) is 4.85. The first-order chi connectivity index (χ1) is 8.59. The lowest BCUT2D eigenvalue weighted by molar-refractivity contribution is 0.0753. The van der Waals surface area contributed by atoms with Crippen LogP contribution in [-0.2, 0) is 0 Å². The van der Waals surface area contributed by atoms with Crippen molar-refractivity contribution in [3.05, 3.63) is 17.7 Å². The molecule has 1 aliphatic rings. The van der Waals surface area contributed by atoms with E-state index in [0.29, 0.717) is 18.8 Å². The summed E-state index contributed by atoms with van der Waals surface area (Å²) in [4.78, 5) is 24.0. The standard InChI is InChI=1S/C12H18N4O2/c1-9-11(17)10(14-8-13-9)12(18)16-5-3-4-15(2)6-7-16/h8,17H,3-7H2,1-2H3. The molecule has 0 unspecified atom stereocenters. The minimum Gasteiger partial charge on any atom is -0.504 e. The highest BCUT2D eigenvalue weighted by molar-refractivity contribution is 5.95. The molecule has 0 aliphatic carbocycles. The van der Waals surface area contributed by atoms with Crippen molar-refractivity contribution in [3.63, 3.8) is 0 Å². The summed E-state index contributed by atoms with van der Waals surface area (Å²) in [5, 5.41) is 9.84. The number of carbonyl (C=O) groups excluding carboxylic acids is 1. The van der Waals surface area contributed by atoms with E-state index in [1.807, 2.05) is 7.05 Å². The monoisotopic (exact) mass is 250 g/mol. The highest BCUT2D eigenvalue weighted by atomic mass is 16.3. The predicted molar refractivity (Wildman–Crippen MR) is 66.5 cm³/mol. The van der Waals surface area contributed by atoms with Crippen molar-refractivity contribution in [2.24, 2.45) is 0 Å². The summed E-state index contributed by atoms with van der Waals surface area (Å²) < 4.78 is 0. The van der Waals surface area contributed by atoms with Gasteiger partial charge >= 0.3 is 0 Å². The molecule has 1 aromatic rings. The van der Waals surface area contributed by atoms with Gasteiger partial charge in [-0.2, -0.15) is 0 Å². The van der Waals surface area contributed by atoms with E-state index in [2.05, 4.69) is 14.9 Å². The van der Waals surface area contributed by atoms with E-state index in [0.717, 1.165) is 19.5 Å². The van der Waals surface area contributed by atoms with Crippen molar-refractivity contribution >= 4 is 5.91 Å². The van der Waals surface area contributed by atoms with Gasteiger partial charge in [-0.1, -0.05) is 0 Å². The van der Waals surface area contributed by atoms with Crippen LogP contribution in [0.25, 0.3) is 0 Å². The molecule has 18 heavy (non-hydrogen) atoms. The molecule has 98 valence electrons. The average molecular weight is 250 g/mol. The molecular formula is C12H18N4O2. The molecule has 1 aromatic heterocycles.